The summed E-state index contributed by atoms with van der Waals surface area (Å²) in [5.74, 6) is 0.722. The van der Waals surface area contributed by atoms with E-state index in [1.807, 2.05) is 0 Å². The second-order valence-electron chi connectivity index (χ2n) is 6.92. The van der Waals surface area contributed by atoms with Crippen LogP contribution in [0.5, 0.6) is 11.5 Å². The Morgan fingerprint density at radius 3 is 2.29 bits per heavy atom. The van der Waals surface area contributed by atoms with E-state index in [1.54, 1.807) is 39.2 Å². The van der Waals surface area contributed by atoms with Gasteiger partial charge in [0.1, 0.15) is 17.5 Å². The van der Waals surface area contributed by atoms with Gasteiger partial charge in [-0.2, -0.15) is 0 Å². The number of amides is 1. The molecule has 10 heteroatoms. The summed E-state index contributed by atoms with van der Waals surface area (Å²) >= 11 is 12.0. The molecule has 1 amide bonds. The highest BCUT2D eigenvalue weighted by atomic mass is 35.5. The first-order chi connectivity index (χ1) is 14.5. The number of sulfonamides is 1. The van der Waals surface area contributed by atoms with Crippen LogP contribution in [0.25, 0.3) is 0 Å². The number of benzene rings is 2. The van der Waals surface area contributed by atoms with Crippen LogP contribution in [0.1, 0.15) is 31.9 Å². The van der Waals surface area contributed by atoms with Crippen LogP contribution in [0, 0.1) is 0 Å². The van der Waals surface area contributed by atoms with Crippen molar-refractivity contribution >= 4 is 44.8 Å². The van der Waals surface area contributed by atoms with Gasteiger partial charge in [0.25, 0.3) is 0 Å². The lowest BCUT2D eigenvalue weighted by Crippen LogP contribution is -2.49. The minimum absolute atomic E-state index is 0.192. The Balaban J connectivity index is 2.39. The van der Waals surface area contributed by atoms with Crippen LogP contribution >= 0.6 is 23.2 Å². The van der Waals surface area contributed by atoms with Gasteiger partial charge in [-0.25, -0.2) is 8.42 Å². The fourth-order valence-corrected chi connectivity index (χ4v) is 4.74. The quantitative estimate of drug-likeness (QED) is 0.563. The molecule has 0 radical (unpaired) electrons. The minimum atomic E-state index is -3.80. The van der Waals surface area contributed by atoms with Crippen LogP contribution in [0.3, 0.4) is 0 Å². The van der Waals surface area contributed by atoms with E-state index in [0.717, 1.165) is 10.6 Å². The molecular formula is C21H26Cl2N2O5S. The normalized spacial score (nSPS) is 13.3. The molecule has 2 aromatic rings. The molecule has 0 aliphatic heterocycles. The summed E-state index contributed by atoms with van der Waals surface area (Å²) in [5, 5.41) is 3.36. The highest BCUT2D eigenvalue weighted by Gasteiger charge is 2.32. The fourth-order valence-electron chi connectivity index (χ4n) is 3.25. The van der Waals surface area contributed by atoms with Crippen molar-refractivity contribution in [2.45, 2.75) is 32.4 Å². The van der Waals surface area contributed by atoms with Crippen molar-refractivity contribution in [2.75, 3.05) is 24.8 Å². The first-order valence-corrected chi connectivity index (χ1v) is 12.1. The molecule has 31 heavy (non-hydrogen) atoms. The summed E-state index contributed by atoms with van der Waals surface area (Å²) in [6, 6.07) is 8.22. The monoisotopic (exact) mass is 488 g/mol. The standard InChI is InChI=1S/C21H26Cl2N2O5S/c1-6-19(25(31(5,27)28)14-7-9-17(22)18(23)11-14)21(26)24-13(2)16-12-15(29-3)8-10-20(16)30-4/h7-13,19H,6H2,1-5H3,(H,24,26)/t13-,19+/m1/s1. The molecule has 7 nitrogen and oxygen atoms in total. The van der Waals surface area contributed by atoms with Crippen molar-refractivity contribution in [1.82, 2.24) is 5.32 Å². The largest absolute Gasteiger partial charge is 0.497 e. The average molecular weight is 489 g/mol. The molecule has 0 bridgehead atoms. The van der Waals surface area contributed by atoms with E-state index in [2.05, 4.69) is 5.32 Å². The van der Waals surface area contributed by atoms with E-state index in [0.29, 0.717) is 17.1 Å². The lowest BCUT2D eigenvalue weighted by molar-refractivity contribution is -0.122. The summed E-state index contributed by atoms with van der Waals surface area (Å²) in [7, 11) is -0.725. The Hall–Kier alpha value is -2.16. The van der Waals surface area contributed by atoms with Gasteiger partial charge in [-0.1, -0.05) is 30.1 Å². The number of methoxy groups -OCH3 is 2. The van der Waals surface area contributed by atoms with Gasteiger partial charge in [-0.3, -0.25) is 9.10 Å². The molecule has 1 N–H and O–H groups in total. The van der Waals surface area contributed by atoms with Crippen molar-refractivity contribution in [3.8, 4) is 11.5 Å². The van der Waals surface area contributed by atoms with Crippen LogP contribution in [0.4, 0.5) is 5.69 Å². The van der Waals surface area contributed by atoms with Gasteiger partial charge in [0, 0.05) is 5.56 Å². The Labute approximate surface area is 193 Å². The molecule has 0 spiro atoms. The first kappa shape index (κ1) is 25.1. The second-order valence-corrected chi connectivity index (χ2v) is 9.59. The minimum Gasteiger partial charge on any atom is -0.497 e. The molecule has 0 aromatic heterocycles. The van der Waals surface area contributed by atoms with Crippen LogP contribution < -0.4 is 19.1 Å². The third-order valence-electron chi connectivity index (χ3n) is 4.75. The van der Waals surface area contributed by atoms with Gasteiger partial charge in [0.2, 0.25) is 15.9 Å². The number of hydrogen-bond acceptors (Lipinski definition) is 5. The lowest BCUT2D eigenvalue weighted by Gasteiger charge is -2.31. The molecule has 0 unspecified atom stereocenters. The van der Waals surface area contributed by atoms with Gasteiger partial charge in [-0.15, -0.1) is 0 Å². The highest BCUT2D eigenvalue weighted by Crippen LogP contribution is 2.32. The van der Waals surface area contributed by atoms with Crippen molar-refractivity contribution in [3.05, 3.63) is 52.0 Å². The van der Waals surface area contributed by atoms with Gasteiger partial charge in [0.05, 0.1) is 42.2 Å². The topological polar surface area (TPSA) is 84.9 Å². The molecule has 0 saturated heterocycles. The number of halogens is 2. The van der Waals surface area contributed by atoms with Crippen LogP contribution in [-0.2, 0) is 14.8 Å². The van der Waals surface area contributed by atoms with E-state index in [-0.39, 0.29) is 22.2 Å². The average Bonchev–Trinajstić information content (AvgIpc) is 2.72. The van der Waals surface area contributed by atoms with Crippen LogP contribution in [-0.4, -0.2) is 40.8 Å². The van der Waals surface area contributed by atoms with E-state index < -0.39 is 28.0 Å². The first-order valence-electron chi connectivity index (χ1n) is 9.50. The molecule has 0 saturated carbocycles. The number of nitrogens with zero attached hydrogens (tertiary/aromatic N) is 1. The van der Waals surface area contributed by atoms with Crippen molar-refractivity contribution in [1.29, 1.82) is 0 Å². The summed E-state index contributed by atoms with van der Waals surface area (Å²) in [4.78, 5) is 13.2. The van der Waals surface area contributed by atoms with Crippen molar-refractivity contribution < 1.29 is 22.7 Å². The molecule has 2 rings (SSSR count). The van der Waals surface area contributed by atoms with Crippen LogP contribution in [0.15, 0.2) is 36.4 Å². The number of nitrogens with one attached hydrogen (secondary N) is 1. The van der Waals surface area contributed by atoms with E-state index in [1.165, 1.54) is 25.3 Å². The zero-order chi connectivity index (χ0) is 23.3. The molecule has 170 valence electrons. The number of carbonyl (C=O) groups excluding carboxylic acids is 1. The zero-order valence-corrected chi connectivity index (χ0v) is 20.3. The molecule has 0 fully saturated rings. The summed E-state index contributed by atoms with van der Waals surface area (Å²) in [6.45, 7) is 3.52. The zero-order valence-electron chi connectivity index (χ0n) is 18.0. The summed E-state index contributed by atoms with van der Waals surface area (Å²) in [6.07, 6.45) is 1.28. The third kappa shape index (κ3) is 5.96. The number of rotatable bonds is 9. The number of ether oxygens (including phenoxy) is 2. The van der Waals surface area contributed by atoms with Gasteiger partial charge < -0.3 is 14.8 Å². The molecule has 2 atom stereocenters. The Morgan fingerprint density at radius 2 is 1.77 bits per heavy atom. The van der Waals surface area contributed by atoms with Crippen molar-refractivity contribution in [2.24, 2.45) is 0 Å². The SMILES string of the molecule is CC[C@@H](C(=O)N[C@H](C)c1cc(OC)ccc1OC)N(c1ccc(Cl)c(Cl)c1)S(C)(=O)=O. The molecule has 2 aromatic carbocycles. The van der Waals surface area contributed by atoms with E-state index in [9.17, 15) is 13.2 Å². The predicted octanol–water partition coefficient (Wildman–Crippen LogP) is 4.43. The van der Waals surface area contributed by atoms with E-state index in [4.69, 9.17) is 32.7 Å². The number of anilines is 1. The summed E-state index contributed by atoms with van der Waals surface area (Å²) < 4.78 is 36.9. The maximum absolute atomic E-state index is 13.2. The highest BCUT2D eigenvalue weighted by molar-refractivity contribution is 7.92. The van der Waals surface area contributed by atoms with Gasteiger partial charge in [-0.05, 0) is 49.7 Å². The molecule has 0 aliphatic rings. The smallest absolute Gasteiger partial charge is 0.244 e. The fraction of sp³-hybridized carbons (Fsp3) is 0.381. The Morgan fingerprint density at radius 1 is 1.10 bits per heavy atom. The maximum Gasteiger partial charge on any atom is 0.244 e. The molecular weight excluding hydrogens is 463 g/mol. The number of carbonyl (C=O) groups is 1. The van der Waals surface area contributed by atoms with Gasteiger partial charge in [0.15, 0.2) is 0 Å². The van der Waals surface area contributed by atoms with Crippen molar-refractivity contribution in [3.63, 3.8) is 0 Å². The predicted molar refractivity (Wildman–Crippen MR) is 124 cm³/mol. The lowest BCUT2D eigenvalue weighted by atomic mass is 10.1. The van der Waals surface area contributed by atoms with Crippen LogP contribution in [0.2, 0.25) is 10.0 Å². The number of hydrogen-bond donors (Lipinski definition) is 1. The Kier molecular flexibility index (Phi) is 8.45. The maximum atomic E-state index is 13.2. The van der Waals surface area contributed by atoms with E-state index >= 15 is 0 Å². The second kappa shape index (κ2) is 10.4. The van der Waals surface area contributed by atoms with Gasteiger partial charge >= 0.3 is 0 Å². The Bertz CT molecular complexity index is 1050. The molecule has 0 heterocycles. The third-order valence-corrected chi connectivity index (χ3v) is 6.67. The molecule has 0 aliphatic carbocycles. The summed E-state index contributed by atoms with van der Waals surface area (Å²) in [5.41, 5.74) is 0.955.